The van der Waals surface area contributed by atoms with Gasteiger partial charge in [-0.3, -0.25) is 10.2 Å². The van der Waals surface area contributed by atoms with Crippen molar-refractivity contribution in [2.24, 2.45) is 5.84 Å². The van der Waals surface area contributed by atoms with Gasteiger partial charge in [-0.2, -0.15) is 0 Å². The minimum absolute atomic E-state index is 0.0195. The molecule has 3 aromatic rings. The van der Waals surface area contributed by atoms with E-state index in [1.54, 1.807) is 6.20 Å². The molecule has 0 aliphatic heterocycles. The summed E-state index contributed by atoms with van der Waals surface area (Å²) in [4.78, 5) is 20.2. The Hall–Kier alpha value is -3.29. The molecule has 28 heavy (non-hydrogen) atoms. The Bertz CT molecular complexity index is 1020. The van der Waals surface area contributed by atoms with Crippen molar-refractivity contribution in [3.8, 4) is 11.3 Å². The first-order chi connectivity index (χ1) is 13.7. The van der Waals surface area contributed by atoms with Crippen molar-refractivity contribution in [2.75, 3.05) is 5.73 Å². The monoisotopic (exact) mass is 374 g/mol. The van der Waals surface area contributed by atoms with Gasteiger partial charge < -0.3 is 11.1 Å². The second kappa shape index (κ2) is 7.75. The van der Waals surface area contributed by atoms with E-state index in [1.807, 2.05) is 23.6 Å². The van der Waals surface area contributed by atoms with Crippen LogP contribution in [0.1, 0.15) is 39.6 Å². The number of hydrazine groups is 1. The molecule has 0 saturated heterocycles. The van der Waals surface area contributed by atoms with Crippen LogP contribution in [0.25, 0.3) is 11.3 Å². The lowest BCUT2D eigenvalue weighted by Gasteiger charge is -2.14. The molecule has 1 aliphatic rings. The minimum Gasteiger partial charge on any atom is -0.382 e. The zero-order valence-corrected chi connectivity index (χ0v) is 15.4. The Labute approximate surface area is 163 Å². The molecule has 4 rings (SSSR count). The average molecular weight is 374 g/mol. The highest BCUT2D eigenvalue weighted by Crippen LogP contribution is 2.31. The van der Waals surface area contributed by atoms with Gasteiger partial charge in [0.1, 0.15) is 0 Å². The number of fused-ring (bicyclic) bond motifs is 1. The van der Waals surface area contributed by atoms with Crippen LogP contribution in [0.3, 0.4) is 0 Å². The van der Waals surface area contributed by atoms with E-state index in [0.29, 0.717) is 11.7 Å². The standard InChI is InChI=1S/C21H22N6O/c22-20-19(21(28)27-23)26-18(12-25-20)15-6-3-4-13(10-15)11-24-17-9-8-14-5-1-2-7-16(14)17/h1-7,10,12,17,24H,8-9,11,23H2,(H2,22,25)(H,27,28)/t17-/m0/s1. The van der Waals surface area contributed by atoms with Crippen LogP contribution in [-0.4, -0.2) is 15.9 Å². The second-order valence-corrected chi connectivity index (χ2v) is 6.83. The molecule has 6 N–H and O–H groups in total. The molecule has 0 bridgehead atoms. The molecule has 1 aliphatic carbocycles. The van der Waals surface area contributed by atoms with E-state index < -0.39 is 5.91 Å². The Morgan fingerprint density at radius 3 is 2.89 bits per heavy atom. The summed E-state index contributed by atoms with van der Waals surface area (Å²) < 4.78 is 0. The Morgan fingerprint density at radius 1 is 1.18 bits per heavy atom. The lowest BCUT2D eigenvalue weighted by Crippen LogP contribution is -2.31. The first-order valence-electron chi connectivity index (χ1n) is 9.19. The van der Waals surface area contributed by atoms with Crippen LogP contribution >= 0.6 is 0 Å². The van der Waals surface area contributed by atoms with Crippen LogP contribution in [0.2, 0.25) is 0 Å². The molecule has 0 saturated carbocycles. The molecule has 0 fully saturated rings. The minimum atomic E-state index is -0.565. The number of aromatic nitrogens is 2. The number of nitrogen functional groups attached to an aromatic ring is 2. The predicted molar refractivity (Wildman–Crippen MR) is 108 cm³/mol. The fourth-order valence-corrected chi connectivity index (χ4v) is 3.62. The van der Waals surface area contributed by atoms with Gasteiger partial charge in [-0.15, -0.1) is 0 Å². The van der Waals surface area contributed by atoms with Gasteiger partial charge >= 0.3 is 0 Å². The van der Waals surface area contributed by atoms with E-state index in [1.165, 1.54) is 11.1 Å². The van der Waals surface area contributed by atoms with E-state index in [4.69, 9.17) is 11.6 Å². The van der Waals surface area contributed by atoms with E-state index >= 15 is 0 Å². The Morgan fingerprint density at radius 2 is 2.04 bits per heavy atom. The first kappa shape index (κ1) is 18.1. The fraction of sp³-hybridized carbons (Fsp3) is 0.190. The van der Waals surface area contributed by atoms with Crippen molar-refractivity contribution in [1.82, 2.24) is 20.7 Å². The van der Waals surface area contributed by atoms with E-state index in [2.05, 4.69) is 45.6 Å². The SMILES string of the molecule is NNC(=O)c1nc(-c2cccc(CN[C@H]3CCc4ccccc43)c2)cnc1N. The summed E-state index contributed by atoms with van der Waals surface area (Å²) in [7, 11) is 0. The third-order valence-corrected chi connectivity index (χ3v) is 5.06. The number of amides is 1. The topological polar surface area (TPSA) is 119 Å². The Kier molecular flexibility index (Phi) is 5.01. The summed E-state index contributed by atoms with van der Waals surface area (Å²) in [6.45, 7) is 0.741. The summed E-state index contributed by atoms with van der Waals surface area (Å²) >= 11 is 0. The fourth-order valence-electron chi connectivity index (χ4n) is 3.62. The Balaban J connectivity index is 1.52. The van der Waals surface area contributed by atoms with Crippen molar-refractivity contribution in [2.45, 2.75) is 25.4 Å². The maximum atomic E-state index is 11.8. The number of anilines is 1. The number of hydrogen-bond donors (Lipinski definition) is 4. The number of carbonyl (C=O) groups excluding carboxylic acids is 1. The van der Waals surface area contributed by atoms with Crippen molar-refractivity contribution in [3.63, 3.8) is 0 Å². The number of aryl methyl sites for hydroxylation is 1. The molecule has 1 atom stereocenters. The molecule has 1 aromatic heterocycles. The van der Waals surface area contributed by atoms with Gasteiger partial charge in [0, 0.05) is 18.2 Å². The first-order valence-corrected chi connectivity index (χ1v) is 9.19. The highest BCUT2D eigenvalue weighted by atomic mass is 16.2. The van der Waals surface area contributed by atoms with Gasteiger partial charge in [-0.05, 0) is 35.6 Å². The maximum absolute atomic E-state index is 11.8. The van der Waals surface area contributed by atoms with Crippen molar-refractivity contribution in [3.05, 3.63) is 77.1 Å². The number of benzene rings is 2. The smallest absolute Gasteiger partial charge is 0.287 e. The van der Waals surface area contributed by atoms with Crippen molar-refractivity contribution < 1.29 is 4.79 Å². The van der Waals surface area contributed by atoms with Gasteiger partial charge in [0.15, 0.2) is 11.5 Å². The molecule has 142 valence electrons. The molecule has 1 amide bonds. The molecule has 7 nitrogen and oxygen atoms in total. The number of hydrogen-bond acceptors (Lipinski definition) is 6. The number of nitrogens with zero attached hydrogens (tertiary/aromatic N) is 2. The van der Waals surface area contributed by atoms with Gasteiger partial charge in [-0.25, -0.2) is 15.8 Å². The van der Waals surface area contributed by atoms with E-state index in [-0.39, 0.29) is 11.5 Å². The van der Waals surface area contributed by atoms with Crippen molar-refractivity contribution in [1.29, 1.82) is 0 Å². The van der Waals surface area contributed by atoms with Crippen LogP contribution in [0.4, 0.5) is 5.82 Å². The maximum Gasteiger partial charge on any atom is 0.287 e. The molecule has 0 radical (unpaired) electrons. The number of nitrogens with two attached hydrogens (primary N) is 2. The van der Waals surface area contributed by atoms with E-state index in [0.717, 1.165) is 30.5 Å². The highest BCUT2D eigenvalue weighted by Gasteiger charge is 2.21. The molecule has 7 heteroatoms. The summed E-state index contributed by atoms with van der Waals surface area (Å²) in [5.74, 6) is 4.67. The molecule has 0 unspecified atom stereocenters. The highest BCUT2D eigenvalue weighted by molar-refractivity contribution is 5.96. The molecule has 0 spiro atoms. The molecule has 2 aromatic carbocycles. The summed E-state index contributed by atoms with van der Waals surface area (Å²) in [6.07, 6.45) is 3.78. The zero-order chi connectivity index (χ0) is 19.5. The third-order valence-electron chi connectivity index (χ3n) is 5.06. The second-order valence-electron chi connectivity index (χ2n) is 6.83. The average Bonchev–Trinajstić information content (AvgIpc) is 3.15. The van der Waals surface area contributed by atoms with Crippen LogP contribution in [0.5, 0.6) is 0 Å². The zero-order valence-electron chi connectivity index (χ0n) is 15.4. The number of rotatable bonds is 5. The summed E-state index contributed by atoms with van der Waals surface area (Å²) in [5, 5.41) is 3.64. The molecular formula is C21H22N6O. The molecular weight excluding hydrogens is 352 g/mol. The normalized spacial score (nSPS) is 15.2. The van der Waals surface area contributed by atoms with Crippen LogP contribution < -0.4 is 22.3 Å². The van der Waals surface area contributed by atoms with Gasteiger partial charge in [0.2, 0.25) is 0 Å². The van der Waals surface area contributed by atoms with Gasteiger partial charge in [0.25, 0.3) is 5.91 Å². The largest absolute Gasteiger partial charge is 0.382 e. The van der Waals surface area contributed by atoms with Crippen LogP contribution in [0.15, 0.2) is 54.7 Å². The van der Waals surface area contributed by atoms with Gasteiger partial charge in [0.05, 0.1) is 11.9 Å². The van der Waals surface area contributed by atoms with Crippen LogP contribution in [0, 0.1) is 0 Å². The van der Waals surface area contributed by atoms with Crippen LogP contribution in [-0.2, 0) is 13.0 Å². The third kappa shape index (κ3) is 3.58. The number of carbonyl (C=O) groups is 1. The number of nitrogens with one attached hydrogen (secondary N) is 2. The lowest BCUT2D eigenvalue weighted by atomic mass is 10.1. The quantitative estimate of drug-likeness (QED) is 0.308. The van der Waals surface area contributed by atoms with Gasteiger partial charge in [-0.1, -0.05) is 42.5 Å². The summed E-state index contributed by atoms with van der Waals surface area (Å²) in [6, 6.07) is 17.0. The van der Waals surface area contributed by atoms with E-state index in [9.17, 15) is 4.79 Å². The molecule has 1 heterocycles. The summed E-state index contributed by atoms with van der Waals surface area (Å²) in [5.41, 5.74) is 13.2. The predicted octanol–water partition coefficient (Wildman–Crippen LogP) is 2.11. The lowest BCUT2D eigenvalue weighted by molar-refractivity contribution is 0.0949. The van der Waals surface area contributed by atoms with Crippen molar-refractivity contribution >= 4 is 11.7 Å².